The van der Waals surface area contributed by atoms with Gasteiger partial charge in [0.25, 0.3) is 0 Å². The van der Waals surface area contributed by atoms with Gasteiger partial charge in [0.1, 0.15) is 13.1 Å². The van der Waals surface area contributed by atoms with Crippen molar-refractivity contribution in [2.75, 3.05) is 13.1 Å². The predicted octanol–water partition coefficient (Wildman–Crippen LogP) is 3.91. The highest BCUT2D eigenvalue weighted by Gasteiger charge is 2.16. The minimum absolute atomic E-state index is 0.753. The zero-order valence-electron chi connectivity index (χ0n) is 11.2. The standard InChI is InChI=1S/C17H19ClN/c1-2-3-13-19-14-5-4-6-17(19)12-9-15-7-10-16(18)11-8-15/h2,7-8,10-11H,1,3-6,13-14H2/q+1. The number of rotatable bonds is 3. The lowest BCUT2D eigenvalue weighted by Crippen LogP contribution is -2.26. The highest BCUT2D eigenvalue weighted by molar-refractivity contribution is 6.30. The molecule has 0 fully saturated rings. The van der Waals surface area contributed by atoms with Gasteiger partial charge in [-0.2, -0.15) is 0 Å². The van der Waals surface area contributed by atoms with Crippen molar-refractivity contribution < 1.29 is 4.58 Å². The molecule has 1 heterocycles. The summed E-state index contributed by atoms with van der Waals surface area (Å²) in [5, 5.41) is 0.753. The fourth-order valence-corrected chi connectivity index (χ4v) is 2.33. The van der Waals surface area contributed by atoms with Crippen LogP contribution < -0.4 is 0 Å². The van der Waals surface area contributed by atoms with Crippen LogP contribution in [0.5, 0.6) is 0 Å². The Labute approximate surface area is 120 Å². The van der Waals surface area contributed by atoms with E-state index in [1.807, 2.05) is 30.3 Å². The first kappa shape index (κ1) is 13.9. The molecule has 0 unspecified atom stereocenters. The van der Waals surface area contributed by atoms with E-state index in [-0.39, 0.29) is 0 Å². The second-order valence-corrected chi connectivity index (χ2v) is 5.16. The maximum absolute atomic E-state index is 5.87. The lowest BCUT2D eigenvalue weighted by molar-refractivity contribution is -0.531. The van der Waals surface area contributed by atoms with E-state index in [0.717, 1.165) is 36.5 Å². The van der Waals surface area contributed by atoms with Crippen molar-refractivity contribution >= 4 is 17.3 Å². The Balaban J connectivity index is 2.16. The first-order valence-electron chi connectivity index (χ1n) is 6.79. The van der Waals surface area contributed by atoms with Gasteiger partial charge in [0.2, 0.25) is 5.71 Å². The second-order valence-electron chi connectivity index (χ2n) is 4.73. The van der Waals surface area contributed by atoms with Gasteiger partial charge in [-0.25, -0.2) is 4.58 Å². The molecule has 98 valence electrons. The minimum Gasteiger partial charge on any atom is -0.226 e. The summed E-state index contributed by atoms with van der Waals surface area (Å²) in [4.78, 5) is 0. The van der Waals surface area contributed by atoms with Crippen LogP contribution in [0, 0.1) is 11.8 Å². The maximum atomic E-state index is 5.87. The van der Waals surface area contributed by atoms with Crippen molar-refractivity contribution in [3.63, 3.8) is 0 Å². The van der Waals surface area contributed by atoms with E-state index in [9.17, 15) is 0 Å². The van der Waals surface area contributed by atoms with Crippen molar-refractivity contribution in [3.05, 3.63) is 47.5 Å². The molecule has 2 heteroatoms. The fraction of sp³-hybridized carbons (Fsp3) is 0.353. The second kappa shape index (κ2) is 7.16. The molecule has 1 aromatic rings. The van der Waals surface area contributed by atoms with Crippen molar-refractivity contribution in [1.29, 1.82) is 0 Å². The molecule has 0 saturated carbocycles. The molecule has 0 saturated heterocycles. The molecule has 0 atom stereocenters. The first-order valence-corrected chi connectivity index (χ1v) is 7.16. The summed E-state index contributed by atoms with van der Waals surface area (Å²) in [6.07, 6.45) is 6.60. The van der Waals surface area contributed by atoms with E-state index in [0.29, 0.717) is 0 Å². The molecule has 1 aliphatic heterocycles. The van der Waals surface area contributed by atoms with Crippen LogP contribution in [0.2, 0.25) is 5.02 Å². The van der Waals surface area contributed by atoms with E-state index < -0.39 is 0 Å². The predicted molar refractivity (Wildman–Crippen MR) is 82.0 cm³/mol. The van der Waals surface area contributed by atoms with E-state index in [1.54, 1.807) is 0 Å². The summed E-state index contributed by atoms with van der Waals surface area (Å²) in [7, 11) is 0. The van der Waals surface area contributed by atoms with Gasteiger partial charge in [0.05, 0.1) is 0 Å². The molecule has 0 aliphatic carbocycles. The molecular weight excluding hydrogens is 254 g/mol. The lowest BCUT2D eigenvalue weighted by Gasteiger charge is -2.10. The van der Waals surface area contributed by atoms with E-state index in [4.69, 9.17) is 11.6 Å². The van der Waals surface area contributed by atoms with Gasteiger partial charge in [-0.1, -0.05) is 23.6 Å². The van der Waals surface area contributed by atoms with Crippen LogP contribution in [0.15, 0.2) is 36.9 Å². The Hall–Kier alpha value is -1.52. The molecule has 2 rings (SSSR count). The molecule has 1 aliphatic rings. The Morgan fingerprint density at radius 1 is 1.21 bits per heavy atom. The number of nitrogens with zero attached hydrogens (tertiary/aromatic N) is 1. The summed E-state index contributed by atoms with van der Waals surface area (Å²) < 4.78 is 2.40. The largest absolute Gasteiger partial charge is 0.227 e. The van der Waals surface area contributed by atoms with E-state index in [2.05, 4.69) is 23.0 Å². The molecule has 1 aromatic carbocycles. The van der Waals surface area contributed by atoms with Gasteiger partial charge in [-0.3, -0.25) is 0 Å². The van der Waals surface area contributed by atoms with Crippen LogP contribution in [0.3, 0.4) is 0 Å². The van der Waals surface area contributed by atoms with Gasteiger partial charge >= 0.3 is 0 Å². The van der Waals surface area contributed by atoms with Crippen LogP contribution in [0.4, 0.5) is 0 Å². The maximum Gasteiger partial charge on any atom is 0.227 e. The quantitative estimate of drug-likeness (QED) is 0.446. The molecule has 0 aromatic heterocycles. The number of halogens is 1. The molecule has 0 amide bonds. The summed E-state index contributed by atoms with van der Waals surface area (Å²) >= 11 is 5.87. The zero-order valence-corrected chi connectivity index (χ0v) is 11.9. The van der Waals surface area contributed by atoms with Crippen molar-refractivity contribution in [2.24, 2.45) is 0 Å². The van der Waals surface area contributed by atoms with Crippen LogP contribution in [-0.4, -0.2) is 23.4 Å². The van der Waals surface area contributed by atoms with Crippen molar-refractivity contribution in [2.45, 2.75) is 25.7 Å². The van der Waals surface area contributed by atoms with Crippen LogP contribution in [0.25, 0.3) is 0 Å². The molecule has 0 N–H and O–H groups in total. The highest BCUT2D eigenvalue weighted by atomic mass is 35.5. The lowest BCUT2D eigenvalue weighted by atomic mass is 10.1. The Kier molecular flexibility index (Phi) is 5.24. The third-order valence-electron chi connectivity index (χ3n) is 3.27. The molecule has 0 bridgehead atoms. The SMILES string of the molecule is C=CCC[N+]1=C(C#Cc2ccc(Cl)cc2)CCCC1. The number of benzene rings is 1. The Morgan fingerprint density at radius 2 is 2.00 bits per heavy atom. The third-order valence-corrected chi connectivity index (χ3v) is 3.52. The minimum atomic E-state index is 0.753. The smallest absolute Gasteiger partial charge is 0.226 e. The molecule has 0 radical (unpaired) electrons. The van der Waals surface area contributed by atoms with Crippen molar-refractivity contribution in [3.8, 4) is 11.8 Å². The average Bonchev–Trinajstić information content (AvgIpc) is 2.45. The summed E-state index contributed by atoms with van der Waals surface area (Å²) in [5.74, 6) is 6.57. The van der Waals surface area contributed by atoms with E-state index >= 15 is 0 Å². The normalized spacial score (nSPS) is 14.8. The van der Waals surface area contributed by atoms with Gasteiger partial charge in [0, 0.05) is 35.8 Å². The van der Waals surface area contributed by atoms with Gasteiger partial charge in [-0.15, -0.1) is 6.58 Å². The highest BCUT2D eigenvalue weighted by Crippen LogP contribution is 2.09. The number of hydrogen-bond acceptors (Lipinski definition) is 0. The van der Waals surface area contributed by atoms with Crippen molar-refractivity contribution in [1.82, 2.24) is 0 Å². The summed E-state index contributed by atoms with van der Waals surface area (Å²) in [6.45, 7) is 5.95. The fourth-order valence-electron chi connectivity index (χ4n) is 2.20. The Bertz CT molecular complexity index is 529. The van der Waals surface area contributed by atoms with Crippen LogP contribution in [0.1, 0.15) is 31.2 Å². The first-order chi connectivity index (χ1) is 9.29. The van der Waals surface area contributed by atoms with Gasteiger partial charge in [0.15, 0.2) is 0 Å². The van der Waals surface area contributed by atoms with Crippen LogP contribution >= 0.6 is 11.6 Å². The van der Waals surface area contributed by atoms with E-state index in [1.165, 1.54) is 18.6 Å². The average molecular weight is 273 g/mol. The Morgan fingerprint density at radius 3 is 2.74 bits per heavy atom. The third kappa shape index (κ3) is 4.26. The molecule has 0 spiro atoms. The monoisotopic (exact) mass is 272 g/mol. The summed E-state index contributed by atoms with van der Waals surface area (Å²) in [5.41, 5.74) is 2.29. The van der Waals surface area contributed by atoms with Gasteiger partial charge in [-0.05, 0) is 30.7 Å². The molecule has 19 heavy (non-hydrogen) atoms. The zero-order chi connectivity index (χ0) is 13.5. The molecular formula is C17H19ClN+. The van der Waals surface area contributed by atoms with Crippen LogP contribution in [-0.2, 0) is 0 Å². The number of hydrogen-bond donors (Lipinski definition) is 0. The topological polar surface area (TPSA) is 3.01 Å². The summed E-state index contributed by atoms with van der Waals surface area (Å²) in [6, 6.07) is 7.69. The van der Waals surface area contributed by atoms with Gasteiger partial charge < -0.3 is 0 Å². The molecule has 1 nitrogen and oxygen atoms in total.